The van der Waals surface area contributed by atoms with E-state index >= 15 is 0 Å². The van der Waals surface area contributed by atoms with Crippen LogP contribution in [-0.4, -0.2) is 16.4 Å². The highest BCUT2D eigenvalue weighted by atomic mass is 79.9. The molecule has 2 aromatic rings. The largest absolute Gasteiger partial charge is 0.493 e. The van der Waals surface area contributed by atoms with Gasteiger partial charge in [0.15, 0.2) is 0 Å². The smallest absolute Gasteiger partial charge is 0.119 e. The third-order valence-electron chi connectivity index (χ3n) is 3.40. The zero-order chi connectivity index (χ0) is 15.8. The molecule has 0 aliphatic carbocycles. The lowest BCUT2D eigenvalue weighted by atomic mass is 10.1. The Bertz CT molecular complexity index is 617. The molecule has 0 N–H and O–H groups in total. The fourth-order valence-electron chi connectivity index (χ4n) is 2.06. The number of hydrogen-bond acceptors (Lipinski definition) is 3. The predicted molar refractivity (Wildman–Crippen MR) is 91.3 cm³/mol. The summed E-state index contributed by atoms with van der Waals surface area (Å²) in [6, 6.07) is 14.2. The molecular weight excluding hydrogens is 340 g/mol. The normalized spacial score (nSPS) is 11.7. The first-order valence-electron chi connectivity index (χ1n) is 7.40. The van der Waals surface area contributed by atoms with Gasteiger partial charge >= 0.3 is 0 Å². The Hall–Kier alpha value is -1.86. The minimum atomic E-state index is -0.142. The van der Waals surface area contributed by atoms with Crippen molar-refractivity contribution in [2.24, 2.45) is 0 Å². The van der Waals surface area contributed by atoms with Crippen LogP contribution in [0.25, 0.3) is 0 Å². The SMILES string of the molecule is CCc1ccc(CCOc2ccc(CC(Br)C#N)cc2)nc1. The fraction of sp³-hybridized carbons (Fsp3) is 0.333. The van der Waals surface area contributed by atoms with Crippen molar-refractivity contribution in [3.63, 3.8) is 0 Å². The Morgan fingerprint density at radius 2 is 1.91 bits per heavy atom. The van der Waals surface area contributed by atoms with Crippen LogP contribution in [0.15, 0.2) is 42.6 Å². The summed E-state index contributed by atoms with van der Waals surface area (Å²) >= 11 is 3.31. The van der Waals surface area contributed by atoms with E-state index in [9.17, 15) is 0 Å². The van der Waals surface area contributed by atoms with Crippen molar-refractivity contribution < 1.29 is 4.74 Å². The van der Waals surface area contributed by atoms with Crippen molar-refractivity contribution in [1.82, 2.24) is 4.98 Å². The zero-order valence-corrected chi connectivity index (χ0v) is 14.2. The molecule has 0 aliphatic rings. The van der Waals surface area contributed by atoms with Crippen molar-refractivity contribution in [3.8, 4) is 11.8 Å². The van der Waals surface area contributed by atoms with Gasteiger partial charge in [0.2, 0.25) is 0 Å². The Morgan fingerprint density at radius 3 is 2.50 bits per heavy atom. The number of hydrogen-bond donors (Lipinski definition) is 0. The van der Waals surface area contributed by atoms with Gasteiger partial charge < -0.3 is 4.74 Å². The van der Waals surface area contributed by atoms with Crippen LogP contribution in [0.5, 0.6) is 5.75 Å². The summed E-state index contributed by atoms with van der Waals surface area (Å²) in [4.78, 5) is 4.28. The summed E-state index contributed by atoms with van der Waals surface area (Å²) in [5.74, 6) is 0.844. The van der Waals surface area contributed by atoms with Crippen molar-refractivity contribution in [3.05, 3.63) is 59.4 Å². The molecule has 22 heavy (non-hydrogen) atoms. The Balaban J connectivity index is 1.80. The maximum atomic E-state index is 8.78. The van der Waals surface area contributed by atoms with Crippen LogP contribution in [0.4, 0.5) is 0 Å². The van der Waals surface area contributed by atoms with Crippen LogP contribution in [0.1, 0.15) is 23.7 Å². The Labute approximate surface area is 140 Å². The first kappa shape index (κ1) is 16.5. The number of alkyl halides is 1. The topological polar surface area (TPSA) is 45.9 Å². The van der Waals surface area contributed by atoms with E-state index in [0.717, 1.165) is 29.8 Å². The van der Waals surface area contributed by atoms with E-state index in [0.29, 0.717) is 13.0 Å². The zero-order valence-electron chi connectivity index (χ0n) is 12.6. The molecule has 0 saturated carbocycles. The van der Waals surface area contributed by atoms with Crippen LogP contribution in [0.2, 0.25) is 0 Å². The summed E-state index contributed by atoms with van der Waals surface area (Å²) in [5, 5.41) is 8.78. The number of ether oxygens (including phenoxy) is 1. The molecular formula is C18H19BrN2O. The van der Waals surface area contributed by atoms with Crippen LogP contribution >= 0.6 is 15.9 Å². The van der Waals surface area contributed by atoms with E-state index in [2.05, 4.69) is 46.0 Å². The van der Waals surface area contributed by atoms with Gasteiger partial charge in [-0.05, 0) is 42.2 Å². The first-order chi connectivity index (χ1) is 10.7. The van der Waals surface area contributed by atoms with Crippen LogP contribution in [0.3, 0.4) is 0 Å². The lowest BCUT2D eigenvalue weighted by Gasteiger charge is -2.08. The molecule has 0 bridgehead atoms. The van der Waals surface area contributed by atoms with Gasteiger partial charge in [0.25, 0.3) is 0 Å². The molecule has 1 aromatic heterocycles. The highest BCUT2D eigenvalue weighted by molar-refractivity contribution is 9.09. The van der Waals surface area contributed by atoms with E-state index in [1.807, 2.05) is 30.5 Å². The molecule has 0 amide bonds. The summed E-state index contributed by atoms with van der Waals surface area (Å²) in [5.41, 5.74) is 3.42. The second kappa shape index (κ2) is 8.55. The molecule has 0 saturated heterocycles. The molecule has 1 aromatic carbocycles. The number of benzene rings is 1. The van der Waals surface area contributed by atoms with Gasteiger partial charge in [-0.1, -0.05) is 41.1 Å². The van der Waals surface area contributed by atoms with Gasteiger partial charge in [-0.25, -0.2) is 0 Å². The lowest BCUT2D eigenvalue weighted by Crippen LogP contribution is -2.03. The number of nitrogens with zero attached hydrogens (tertiary/aromatic N) is 2. The molecule has 0 radical (unpaired) electrons. The highest BCUT2D eigenvalue weighted by Crippen LogP contribution is 2.15. The van der Waals surface area contributed by atoms with Gasteiger partial charge in [-0.15, -0.1) is 0 Å². The number of nitriles is 1. The average molecular weight is 359 g/mol. The van der Waals surface area contributed by atoms with Crippen molar-refractivity contribution in [1.29, 1.82) is 5.26 Å². The standard InChI is InChI=1S/C18H19BrN2O/c1-2-14-3-6-17(21-13-14)9-10-22-18-7-4-15(5-8-18)11-16(19)12-20/h3-8,13,16H,2,9-11H2,1H3. The third-order valence-corrected chi connectivity index (χ3v) is 3.93. The van der Waals surface area contributed by atoms with Gasteiger partial charge in [-0.3, -0.25) is 4.98 Å². The molecule has 4 heteroatoms. The Morgan fingerprint density at radius 1 is 1.18 bits per heavy atom. The van der Waals surface area contributed by atoms with E-state index in [-0.39, 0.29) is 4.83 Å². The third kappa shape index (κ3) is 5.16. The maximum absolute atomic E-state index is 8.78. The minimum Gasteiger partial charge on any atom is -0.493 e. The number of halogens is 1. The second-order valence-electron chi connectivity index (χ2n) is 5.05. The minimum absolute atomic E-state index is 0.142. The molecule has 0 aliphatic heterocycles. The van der Waals surface area contributed by atoms with E-state index in [1.165, 1.54) is 5.56 Å². The molecule has 2 rings (SSSR count). The first-order valence-corrected chi connectivity index (χ1v) is 8.32. The summed E-state index contributed by atoms with van der Waals surface area (Å²) in [6.45, 7) is 2.73. The summed E-state index contributed by atoms with van der Waals surface area (Å²) in [6.07, 6.45) is 4.43. The van der Waals surface area contributed by atoms with E-state index in [1.54, 1.807) is 0 Å². The van der Waals surface area contributed by atoms with Gasteiger partial charge in [0.05, 0.1) is 12.7 Å². The van der Waals surface area contributed by atoms with Crippen LogP contribution < -0.4 is 4.74 Å². The molecule has 1 heterocycles. The van der Waals surface area contributed by atoms with Crippen molar-refractivity contribution in [2.45, 2.75) is 31.0 Å². The maximum Gasteiger partial charge on any atom is 0.119 e. The van der Waals surface area contributed by atoms with E-state index in [4.69, 9.17) is 10.00 Å². The molecule has 1 unspecified atom stereocenters. The highest BCUT2D eigenvalue weighted by Gasteiger charge is 2.04. The molecule has 114 valence electrons. The number of aryl methyl sites for hydroxylation is 1. The second-order valence-corrected chi connectivity index (χ2v) is 6.16. The molecule has 0 spiro atoms. The number of aromatic nitrogens is 1. The summed E-state index contributed by atoms with van der Waals surface area (Å²) in [7, 11) is 0. The monoisotopic (exact) mass is 358 g/mol. The van der Waals surface area contributed by atoms with E-state index < -0.39 is 0 Å². The number of pyridine rings is 1. The number of rotatable bonds is 7. The molecule has 1 atom stereocenters. The van der Waals surface area contributed by atoms with Crippen LogP contribution in [0, 0.1) is 11.3 Å². The van der Waals surface area contributed by atoms with Gasteiger partial charge in [-0.2, -0.15) is 5.26 Å². The summed E-state index contributed by atoms with van der Waals surface area (Å²) < 4.78 is 5.74. The quantitative estimate of drug-likeness (QED) is 0.700. The van der Waals surface area contributed by atoms with Crippen LogP contribution in [-0.2, 0) is 19.3 Å². The van der Waals surface area contributed by atoms with Gasteiger partial charge in [0, 0.05) is 18.3 Å². The van der Waals surface area contributed by atoms with Crippen molar-refractivity contribution >= 4 is 15.9 Å². The Kier molecular flexibility index (Phi) is 6.42. The average Bonchev–Trinajstić information content (AvgIpc) is 2.57. The lowest BCUT2D eigenvalue weighted by molar-refractivity contribution is 0.320. The van der Waals surface area contributed by atoms with Gasteiger partial charge in [0.1, 0.15) is 10.6 Å². The predicted octanol–water partition coefficient (Wildman–Crippen LogP) is 4.10. The fourth-order valence-corrected chi connectivity index (χ4v) is 2.43. The van der Waals surface area contributed by atoms with Crippen molar-refractivity contribution in [2.75, 3.05) is 6.61 Å². The molecule has 0 fully saturated rings. The molecule has 3 nitrogen and oxygen atoms in total.